The van der Waals surface area contributed by atoms with E-state index in [0.29, 0.717) is 23.4 Å². The van der Waals surface area contributed by atoms with Crippen molar-refractivity contribution in [1.82, 2.24) is 5.16 Å². The van der Waals surface area contributed by atoms with E-state index in [1.807, 2.05) is 7.05 Å². The average Bonchev–Trinajstić information content (AvgIpc) is 2.76. The first-order valence-corrected chi connectivity index (χ1v) is 5.29. The van der Waals surface area contributed by atoms with Crippen molar-refractivity contribution >= 4 is 11.7 Å². The first-order chi connectivity index (χ1) is 7.57. The van der Waals surface area contributed by atoms with Crippen LogP contribution >= 0.6 is 0 Å². The largest absolute Gasteiger partial charge is 1.00 e. The molecule has 2 heterocycles. The second kappa shape index (κ2) is 5.61. The van der Waals surface area contributed by atoms with Crippen molar-refractivity contribution in [3.8, 4) is 0 Å². The number of amides is 1. The number of nitrogens with one attached hydrogen (secondary N) is 1. The predicted octanol–water partition coefficient (Wildman–Crippen LogP) is -3.17. The van der Waals surface area contributed by atoms with E-state index in [-0.39, 0.29) is 29.0 Å². The van der Waals surface area contributed by atoms with Gasteiger partial charge in [0.15, 0.2) is 12.4 Å². The minimum absolute atomic E-state index is 0. The lowest BCUT2D eigenvalue weighted by molar-refractivity contribution is -0.890. The molecule has 1 aromatic heterocycles. The summed E-state index contributed by atoms with van der Waals surface area (Å²) in [5.74, 6) is 0.321. The molecule has 7 heteroatoms. The maximum absolute atomic E-state index is 11.7. The molecule has 2 N–H and O–H groups in total. The summed E-state index contributed by atoms with van der Waals surface area (Å²) in [4.78, 5) is 11.7. The molecule has 1 amide bonds. The first kappa shape index (κ1) is 14.1. The number of anilines is 1. The monoisotopic (exact) mass is 305 g/mol. The molecule has 0 saturated carbocycles. The maximum atomic E-state index is 11.7. The second-order valence-electron chi connectivity index (χ2n) is 4.56. The lowest BCUT2D eigenvalue weighted by Crippen LogP contribution is -3.00. The van der Waals surface area contributed by atoms with E-state index in [4.69, 9.17) is 0 Å². The number of likely N-dealkylation sites (N-methyl/N-ethyl adjacent to an activating group) is 1. The van der Waals surface area contributed by atoms with Gasteiger partial charge in [-0.2, -0.15) is 0 Å². The molecule has 1 fully saturated rings. The van der Waals surface area contributed by atoms with Gasteiger partial charge in [-0.25, -0.2) is 0 Å². The zero-order chi connectivity index (χ0) is 11.6. The number of aromatic nitrogens is 1. The molecule has 0 radical (unpaired) electrons. The molecule has 1 aromatic rings. The minimum Gasteiger partial charge on any atom is -1.00 e. The van der Waals surface area contributed by atoms with Crippen LogP contribution in [0.4, 0.5) is 5.82 Å². The summed E-state index contributed by atoms with van der Waals surface area (Å²) in [6.07, 6.45) is 1.88. The van der Waals surface area contributed by atoms with Gasteiger partial charge in [-0.05, 0) is 0 Å². The molecular weight excluding hydrogens is 290 g/mol. The van der Waals surface area contributed by atoms with Crippen molar-refractivity contribution in [2.75, 3.05) is 32.0 Å². The Kier molecular flexibility index (Phi) is 4.67. The van der Waals surface area contributed by atoms with Gasteiger partial charge in [-0.1, -0.05) is 5.16 Å². The molecule has 1 aliphatic heterocycles. The Morgan fingerprint density at radius 3 is 3.06 bits per heavy atom. The molecule has 1 saturated heterocycles. The minimum atomic E-state index is -0.287. The Morgan fingerprint density at radius 1 is 1.76 bits per heavy atom. The van der Waals surface area contributed by atoms with Gasteiger partial charge in [0.05, 0.1) is 13.6 Å². The van der Waals surface area contributed by atoms with Crippen LogP contribution in [0.5, 0.6) is 0 Å². The number of hydrogen-bond donors (Lipinski definition) is 2. The molecule has 96 valence electrons. The Labute approximate surface area is 110 Å². The summed E-state index contributed by atoms with van der Waals surface area (Å²) < 4.78 is 5.19. The number of quaternary nitrogens is 1. The van der Waals surface area contributed by atoms with E-state index in [1.54, 1.807) is 6.07 Å². The summed E-state index contributed by atoms with van der Waals surface area (Å²) in [7, 11) is 1.97. The summed E-state index contributed by atoms with van der Waals surface area (Å²) in [6.45, 7) is 1.81. The number of halogens is 1. The van der Waals surface area contributed by atoms with Crippen LogP contribution < -0.4 is 22.3 Å². The maximum Gasteiger partial charge on any atom is 0.280 e. The summed E-state index contributed by atoms with van der Waals surface area (Å²) >= 11 is 0. The van der Waals surface area contributed by atoms with Gasteiger partial charge in [-0.3, -0.25) is 4.79 Å². The second-order valence-corrected chi connectivity index (χ2v) is 4.56. The van der Waals surface area contributed by atoms with E-state index in [9.17, 15) is 9.90 Å². The molecule has 1 aliphatic rings. The van der Waals surface area contributed by atoms with E-state index >= 15 is 0 Å². The van der Waals surface area contributed by atoms with Crippen molar-refractivity contribution in [2.45, 2.75) is 12.5 Å². The Bertz CT molecular complexity index is 371. The fourth-order valence-corrected chi connectivity index (χ4v) is 2.10. The standard InChI is InChI=1S/C10H15N3O3.BrH/c1-13(4-2-8(14)6-13)7-10(15)11-9-3-5-16-12-9;/h3,5,8,14H,2,4,6-7H2,1H3;1H/t8-,13?;/m1./s1. The van der Waals surface area contributed by atoms with Crippen LogP contribution in [0, 0.1) is 0 Å². The van der Waals surface area contributed by atoms with Gasteiger partial charge in [-0.15, -0.1) is 0 Å². The highest BCUT2D eigenvalue weighted by Crippen LogP contribution is 2.16. The molecule has 0 bridgehead atoms. The van der Waals surface area contributed by atoms with Gasteiger partial charge >= 0.3 is 0 Å². The lowest BCUT2D eigenvalue weighted by atomic mass is 10.3. The van der Waals surface area contributed by atoms with Crippen LogP contribution in [0.15, 0.2) is 16.9 Å². The molecule has 17 heavy (non-hydrogen) atoms. The number of carbonyl (C=O) groups excluding carboxylic acids is 1. The quantitative estimate of drug-likeness (QED) is 0.578. The average molecular weight is 306 g/mol. The van der Waals surface area contributed by atoms with Crippen LogP contribution in [0.25, 0.3) is 0 Å². The van der Waals surface area contributed by atoms with Gasteiger partial charge in [0.25, 0.3) is 5.91 Å². The number of aliphatic hydroxyl groups is 1. The van der Waals surface area contributed by atoms with Crippen LogP contribution in [0.2, 0.25) is 0 Å². The van der Waals surface area contributed by atoms with Crippen LogP contribution in [-0.4, -0.2) is 53.4 Å². The highest BCUT2D eigenvalue weighted by molar-refractivity contribution is 5.90. The number of carbonyl (C=O) groups is 1. The number of likely N-dealkylation sites (tertiary alicyclic amines) is 1. The van der Waals surface area contributed by atoms with Crippen LogP contribution in [0.1, 0.15) is 6.42 Å². The third-order valence-corrected chi connectivity index (χ3v) is 2.88. The molecular formula is C10H16BrN3O3. The fourth-order valence-electron chi connectivity index (χ4n) is 2.10. The summed E-state index contributed by atoms with van der Waals surface area (Å²) in [5, 5.41) is 15.7. The van der Waals surface area contributed by atoms with Crippen LogP contribution in [-0.2, 0) is 4.79 Å². The zero-order valence-electron chi connectivity index (χ0n) is 9.60. The third kappa shape index (κ3) is 3.79. The van der Waals surface area contributed by atoms with E-state index in [0.717, 1.165) is 13.0 Å². The van der Waals surface area contributed by atoms with E-state index in [2.05, 4.69) is 15.0 Å². The number of rotatable bonds is 3. The van der Waals surface area contributed by atoms with Crippen molar-refractivity contribution in [3.05, 3.63) is 12.3 Å². The van der Waals surface area contributed by atoms with Gasteiger partial charge in [0.2, 0.25) is 0 Å². The number of nitrogens with zero attached hydrogens (tertiary/aromatic N) is 2. The number of hydrogen-bond acceptors (Lipinski definition) is 4. The predicted molar refractivity (Wildman–Crippen MR) is 56.5 cm³/mol. The van der Waals surface area contributed by atoms with Crippen molar-refractivity contribution in [3.63, 3.8) is 0 Å². The molecule has 0 aromatic carbocycles. The normalized spacial score (nSPS) is 27.5. The zero-order valence-corrected chi connectivity index (χ0v) is 11.2. The molecule has 6 nitrogen and oxygen atoms in total. The Hall–Kier alpha value is -0.920. The molecule has 2 rings (SSSR count). The van der Waals surface area contributed by atoms with Crippen molar-refractivity contribution < 1.29 is 35.9 Å². The molecule has 0 aliphatic carbocycles. The van der Waals surface area contributed by atoms with Crippen LogP contribution in [0.3, 0.4) is 0 Å². The highest BCUT2D eigenvalue weighted by atomic mass is 79.9. The van der Waals surface area contributed by atoms with E-state index < -0.39 is 0 Å². The smallest absolute Gasteiger partial charge is 0.280 e. The SMILES string of the molecule is C[N+]1(CC(=O)Nc2ccon2)CC[C@@H](O)C1.[Br-]. The molecule has 2 atom stereocenters. The Morgan fingerprint density at radius 2 is 2.53 bits per heavy atom. The number of aliphatic hydroxyl groups excluding tert-OH is 1. The first-order valence-electron chi connectivity index (χ1n) is 5.29. The molecule has 0 spiro atoms. The summed E-state index contributed by atoms with van der Waals surface area (Å²) in [6, 6.07) is 1.59. The van der Waals surface area contributed by atoms with Gasteiger partial charge in [0, 0.05) is 12.5 Å². The summed E-state index contributed by atoms with van der Waals surface area (Å²) in [5.41, 5.74) is 0. The topological polar surface area (TPSA) is 75.4 Å². The van der Waals surface area contributed by atoms with Gasteiger partial charge < -0.3 is 36.4 Å². The third-order valence-electron chi connectivity index (χ3n) is 2.88. The lowest BCUT2D eigenvalue weighted by Gasteiger charge is -2.27. The van der Waals surface area contributed by atoms with Gasteiger partial charge in [0.1, 0.15) is 18.9 Å². The fraction of sp³-hybridized carbons (Fsp3) is 0.600. The van der Waals surface area contributed by atoms with Crippen molar-refractivity contribution in [1.29, 1.82) is 0 Å². The highest BCUT2D eigenvalue weighted by Gasteiger charge is 2.35. The Balaban J connectivity index is 0.00000144. The molecule has 1 unspecified atom stereocenters. The van der Waals surface area contributed by atoms with Crippen molar-refractivity contribution in [2.24, 2.45) is 0 Å². The van der Waals surface area contributed by atoms with E-state index in [1.165, 1.54) is 6.26 Å².